The summed E-state index contributed by atoms with van der Waals surface area (Å²) < 4.78 is 31.4. The number of ether oxygens (including phenoxy) is 1. The number of amides is 1. The van der Waals surface area contributed by atoms with Gasteiger partial charge in [0.05, 0.1) is 12.2 Å². The molecule has 0 aromatic heterocycles. The highest BCUT2D eigenvalue weighted by Gasteiger charge is 2.34. The van der Waals surface area contributed by atoms with E-state index in [1.54, 1.807) is 20.8 Å². The minimum absolute atomic E-state index is 0.0947. The van der Waals surface area contributed by atoms with E-state index in [0.29, 0.717) is 13.0 Å². The van der Waals surface area contributed by atoms with E-state index < -0.39 is 22.4 Å². The molecule has 7 nitrogen and oxygen atoms in total. The van der Waals surface area contributed by atoms with Crippen LogP contribution >= 0.6 is 0 Å². The maximum atomic E-state index is 11.8. The largest absolute Gasteiger partial charge is 0.446 e. The molecule has 1 fully saturated rings. The molecule has 2 unspecified atom stereocenters. The molecule has 0 aliphatic carbocycles. The zero-order valence-electron chi connectivity index (χ0n) is 10.8. The number of hydrogen-bond donors (Lipinski definition) is 2. The quantitative estimate of drug-likeness (QED) is 0.759. The topological polar surface area (TPSA) is 95.9 Å². The van der Waals surface area contributed by atoms with Crippen LogP contribution in [0.15, 0.2) is 0 Å². The molecule has 1 rings (SSSR count). The second kappa shape index (κ2) is 5.85. The summed E-state index contributed by atoms with van der Waals surface area (Å²) in [6.07, 6.45) is -1.35. The van der Waals surface area contributed by atoms with Crippen LogP contribution in [0.1, 0.15) is 27.2 Å². The van der Waals surface area contributed by atoms with Crippen LogP contribution in [0.25, 0.3) is 0 Å². The van der Waals surface area contributed by atoms with Crippen molar-refractivity contribution < 1.29 is 23.1 Å². The molecule has 0 spiro atoms. The predicted octanol–water partition coefficient (Wildman–Crippen LogP) is 0.0685. The van der Waals surface area contributed by atoms with Gasteiger partial charge in [-0.3, -0.25) is 0 Å². The van der Waals surface area contributed by atoms with Gasteiger partial charge in [0.1, 0.15) is 0 Å². The lowest BCUT2D eigenvalue weighted by atomic mass is 10.0. The molecule has 106 valence electrons. The maximum absolute atomic E-state index is 11.8. The van der Waals surface area contributed by atoms with Gasteiger partial charge < -0.3 is 9.84 Å². The third-order valence-corrected chi connectivity index (χ3v) is 4.20. The average Bonchev–Trinajstić information content (AvgIpc) is 2.63. The third kappa shape index (κ3) is 4.11. The number of aliphatic hydroxyl groups is 1. The molecule has 0 bridgehead atoms. The first-order valence-corrected chi connectivity index (χ1v) is 7.33. The second-order valence-electron chi connectivity index (χ2n) is 4.71. The first-order chi connectivity index (χ1) is 8.22. The lowest BCUT2D eigenvalue weighted by Crippen LogP contribution is -2.43. The Morgan fingerprint density at radius 2 is 2.06 bits per heavy atom. The minimum Gasteiger partial charge on any atom is -0.446 e. The first kappa shape index (κ1) is 15.2. The minimum atomic E-state index is -3.87. The molecule has 0 aromatic rings. The van der Waals surface area contributed by atoms with Crippen molar-refractivity contribution in [2.24, 2.45) is 5.92 Å². The number of aliphatic hydroxyl groups excluding tert-OH is 1. The fourth-order valence-corrected chi connectivity index (χ4v) is 2.90. The van der Waals surface area contributed by atoms with E-state index >= 15 is 0 Å². The van der Waals surface area contributed by atoms with Gasteiger partial charge >= 0.3 is 16.3 Å². The molecule has 1 heterocycles. The Hall–Kier alpha value is -0.860. The maximum Gasteiger partial charge on any atom is 0.422 e. The van der Waals surface area contributed by atoms with Gasteiger partial charge in [-0.2, -0.15) is 12.7 Å². The van der Waals surface area contributed by atoms with Crippen LogP contribution in [0, 0.1) is 5.92 Å². The highest BCUT2D eigenvalue weighted by molar-refractivity contribution is 7.87. The van der Waals surface area contributed by atoms with Gasteiger partial charge in [0.15, 0.2) is 0 Å². The summed E-state index contributed by atoms with van der Waals surface area (Å²) in [6.45, 7) is 5.39. The summed E-state index contributed by atoms with van der Waals surface area (Å²) in [5.41, 5.74) is 0. The summed E-state index contributed by atoms with van der Waals surface area (Å²) >= 11 is 0. The molecule has 2 N–H and O–H groups in total. The fourth-order valence-electron chi connectivity index (χ4n) is 1.77. The van der Waals surface area contributed by atoms with Crippen LogP contribution in [0.4, 0.5) is 4.79 Å². The van der Waals surface area contributed by atoms with E-state index in [2.05, 4.69) is 0 Å². The highest BCUT2D eigenvalue weighted by atomic mass is 32.2. The second-order valence-corrected chi connectivity index (χ2v) is 6.38. The first-order valence-electron chi connectivity index (χ1n) is 5.89. The summed E-state index contributed by atoms with van der Waals surface area (Å²) in [4.78, 5) is 11.3. The van der Waals surface area contributed by atoms with Crippen LogP contribution in [-0.4, -0.2) is 49.2 Å². The van der Waals surface area contributed by atoms with Crippen molar-refractivity contribution >= 4 is 16.3 Å². The summed E-state index contributed by atoms with van der Waals surface area (Å²) in [6, 6.07) is 0. The van der Waals surface area contributed by atoms with E-state index in [1.165, 1.54) is 0 Å². The number of carbonyl (C=O) groups excluding carboxylic acids is 1. The van der Waals surface area contributed by atoms with Crippen LogP contribution in [0.5, 0.6) is 0 Å². The summed E-state index contributed by atoms with van der Waals surface area (Å²) in [5, 5.41) is 9.40. The molecule has 1 aliphatic rings. The Morgan fingerprint density at radius 3 is 2.50 bits per heavy atom. The monoisotopic (exact) mass is 280 g/mol. The molecule has 18 heavy (non-hydrogen) atoms. The summed E-state index contributed by atoms with van der Waals surface area (Å²) in [5.74, 6) is -0.0947. The fraction of sp³-hybridized carbons (Fsp3) is 0.900. The van der Waals surface area contributed by atoms with Crippen molar-refractivity contribution in [3.63, 3.8) is 0 Å². The standard InChI is InChI=1S/C10H20N2O5S/c1-7(2)17-10(14)11-18(15,16)12-5-4-9(6-12)8(3)13/h7-9,13H,4-6H2,1-3H3,(H,11,14). The molecule has 1 saturated heterocycles. The van der Waals surface area contributed by atoms with Crippen molar-refractivity contribution in [1.82, 2.24) is 9.03 Å². The van der Waals surface area contributed by atoms with E-state index in [0.717, 1.165) is 4.31 Å². The number of carbonyl (C=O) groups is 1. The summed E-state index contributed by atoms with van der Waals surface area (Å²) in [7, 11) is -3.87. The number of nitrogens with one attached hydrogen (secondary N) is 1. The molecular weight excluding hydrogens is 260 g/mol. The average molecular weight is 280 g/mol. The molecule has 0 saturated carbocycles. The Morgan fingerprint density at radius 1 is 1.44 bits per heavy atom. The molecule has 0 aromatic carbocycles. The molecule has 8 heteroatoms. The van der Waals surface area contributed by atoms with Crippen LogP contribution in [0.3, 0.4) is 0 Å². The molecule has 2 atom stereocenters. The molecule has 0 radical (unpaired) electrons. The molecule has 1 aliphatic heterocycles. The Labute approximate surface area is 107 Å². The zero-order valence-corrected chi connectivity index (χ0v) is 11.6. The van der Waals surface area contributed by atoms with Gasteiger partial charge in [0.2, 0.25) is 0 Å². The lowest BCUT2D eigenvalue weighted by Gasteiger charge is -2.18. The Kier molecular flexibility index (Phi) is 4.94. The van der Waals surface area contributed by atoms with Gasteiger partial charge in [0.25, 0.3) is 0 Å². The molecule has 1 amide bonds. The van der Waals surface area contributed by atoms with E-state index in [4.69, 9.17) is 4.74 Å². The van der Waals surface area contributed by atoms with Gasteiger partial charge in [-0.1, -0.05) is 0 Å². The third-order valence-electron chi connectivity index (χ3n) is 2.76. The molecular formula is C10H20N2O5S. The van der Waals surface area contributed by atoms with E-state index in [-0.39, 0.29) is 18.6 Å². The van der Waals surface area contributed by atoms with Gasteiger partial charge in [0, 0.05) is 13.1 Å². The van der Waals surface area contributed by atoms with Crippen molar-refractivity contribution in [2.45, 2.75) is 39.4 Å². The number of rotatable bonds is 4. The van der Waals surface area contributed by atoms with Crippen molar-refractivity contribution in [3.8, 4) is 0 Å². The smallest absolute Gasteiger partial charge is 0.422 e. The SMILES string of the molecule is CC(C)OC(=O)NS(=O)(=O)N1CCC(C(C)O)C1. The van der Waals surface area contributed by atoms with Gasteiger partial charge in [-0.25, -0.2) is 9.52 Å². The van der Waals surface area contributed by atoms with Crippen molar-refractivity contribution in [1.29, 1.82) is 0 Å². The van der Waals surface area contributed by atoms with E-state index in [9.17, 15) is 18.3 Å². The highest BCUT2D eigenvalue weighted by Crippen LogP contribution is 2.21. The lowest BCUT2D eigenvalue weighted by molar-refractivity contribution is 0.121. The Balaban J connectivity index is 2.58. The van der Waals surface area contributed by atoms with Crippen molar-refractivity contribution in [3.05, 3.63) is 0 Å². The Bertz CT molecular complexity index is 393. The number of hydrogen-bond acceptors (Lipinski definition) is 5. The van der Waals surface area contributed by atoms with Crippen LogP contribution < -0.4 is 4.72 Å². The van der Waals surface area contributed by atoms with Crippen molar-refractivity contribution in [2.75, 3.05) is 13.1 Å². The normalized spacial score (nSPS) is 23.1. The van der Waals surface area contributed by atoms with E-state index in [1.807, 2.05) is 4.72 Å². The van der Waals surface area contributed by atoms with Crippen LogP contribution in [-0.2, 0) is 14.9 Å². The predicted molar refractivity (Wildman–Crippen MR) is 65.0 cm³/mol. The van der Waals surface area contributed by atoms with Gasteiger partial charge in [-0.05, 0) is 33.1 Å². The van der Waals surface area contributed by atoms with Crippen LogP contribution in [0.2, 0.25) is 0 Å². The zero-order chi connectivity index (χ0) is 13.9. The van der Waals surface area contributed by atoms with Gasteiger partial charge in [-0.15, -0.1) is 0 Å². The number of nitrogens with zero attached hydrogens (tertiary/aromatic N) is 1.